The Kier molecular flexibility index (Phi) is 3.39. The van der Waals surface area contributed by atoms with Crippen molar-refractivity contribution in [1.82, 2.24) is 15.3 Å². The summed E-state index contributed by atoms with van der Waals surface area (Å²) in [5.41, 5.74) is -0.194. The van der Waals surface area contributed by atoms with E-state index in [-0.39, 0.29) is 23.4 Å². The number of fused-ring (bicyclic) bond motifs is 2. The summed E-state index contributed by atoms with van der Waals surface area (Å²) >= 11 is 0. The minimum atomic E-state index is -0.503. The summed E-state index contributed by atoms with van der Waals surface area (Å²) in [6, 6.07) is 1.22. The Morgan fingerprint density at radius 3 is 2.70 bits per heavy atom. The molecule has 2 bridgehead atoms. The minimum Gasteiger partial charge on any atom is -0.476 e. The fourth-order valence-corrected chi connectivity index (χ4v) is 3.15. The van der Waals surface area contributed by atoms with Crippen LogP contribution in [-0.2, 0) is 0 Å². The maximum absolute atomic E-state index is 11.2. The van der Waals surface area contributed by atoms with E-state index in [0.29, 0.717) is 12.1 Å². The molecule has 0 amide bonds. The van der Waals surface area contributed by atoms with E-state index in [1.807, 2.05) is 0 Å². The van der Waals surface area contributed by atoms with E-state index < -0.39 is 4.92 Å². The molecule has 2 atom stereocenters. The van der Waals surface area contributed by atoms with E-state index >= 15 is 0 Å². The Labute approximate surface area is 116 Å². The predicted molar refractivity (Wildman–Crippen MR) is 71.8 cm³/mol. The zero-order valence-corrected chi connectivity index (χ0v) is 11.2. The van der Waals surface area contributed by atoms with Gasteiger partial charge in [0.1, 0.15) is 6.33 Å². The molecule has 2 N–H and O–H groups in total. The Balaban J connectivity index is 1.82. The number of piperidine rings is 1. The van der Waals surface area contributed by atoms with Gasteiger partial charge in [-0.1, -0.05) is 0 Å². The van der Waals surface area contributed by atoms with Gasteiger partial charge in [-0.2, -0.15) is 4.98 Å². The van der Waals surface area contributed by atoms with Gasteiger partial charge >= 0.3 is 5.69 Å². The van der Waals surface area contributed by atoms with Gasteiger partial charge in [-0.15, -0.1) is 0 Å². The molecular weight excluding hydrogens is 262 g/mol. The third-order valence-corrected chi connectivity index (χ3v) is 3.98. The lowest BCUT2D eigenvalue weighted by molar-refractivity contribution is -0.385. The number of ether oxygens (including phenoxy) is 1. The smallest absolute Gasteiger partial charge is 0.372 e. The number of nitro groups is 1. The lowest BCUT2D eigenvalue weighted by Crippen LogP contribution is -2.43. The lowest BCUT2D eigenvalue weighted by atomic mass is 10.00. The molecule has 20 heavy (non-hydrogen) atoms. The number of hydrogen-bond acceptors (Lipinski definition) is 7. The molecule has 0 aliphatic carbocycles. The molecule has 2 fully saturated rings. The second-order valence-corrected chi connectivity index (χ2v) is 5.29. The highest BCUT2D eigenvalue weighted by atomic mass is 16.6. The van der Waals surface area contributed by atoms with Crippen molar-refractivity contribution in [1.29, 1.82) is 0 Å². The molecule has 0 radical (unpaired) electrons. The van der Waals surface area contributed by atoms with E-state index in [0.717, 1.165) is 12.8 Å². The Morgan fingerprint density at radius 1 is 1.40 bits per heavy atom. The van der Waals surface area contributed by atoms with Gasteiger partial charge in [0.25, 0.3) is 5.88 Å². The number of methoxy groups -OCH3 is 1. The fourth-order valence-electron chi connectivity index (χ4n) is 3.15. The van der Waals surface area contributed by atoms with Crippen LogP contribution in [0.4, 0.5) is 11.5 Å². The molecule has 1 aromatic rings. The van der Waals surface area contributed by atoms with Crippen LogP contribution in [0, 0.1) is 10.1 Å². The van der Waals surface area contributed by atoms with Crippen molar-refractivity contribution in [2.45, 2.75) is 43.8 Å². The second kappa shape index (κ2) is 5.20. The first kappa shape index (κ1) is 13.0. The monoisotopic (exact) mass is 279 g/mol. The Morgan fingerprint density at radius 2 is 2.10 bits per heavy atom. The van der Waals surface area contributed by atoms with Gasteiger partial charge in [-0.25, -0.2) is 4.98 Å². The summed E-state index contributed by atoms with van der Waals surface area (Å²) in [6.07, 6.45) is 5.56. The van der Waals surface area contributed by atoms with Crippen molar-refractivity contribution in [2.24, 2.45) is 0 Å². The average molecular weight is 279 g/mol. The molecule has 108 valence electrons. The van der Waals surface area contributed by atoms with Crippen molar-refractivity contribution in [2.75, 3.05) is 12.4 Å². The molecule has 8 nitrogen and oxygen atoms in total. The molecule has 1 aromatic heterocycles. The van der Waals surface area contributed by atoms with Gasteiger partial charge in [0.05, 0.1) is 12.0 Å². The van der Waals surface area contributed by atoms with E-state index in [4.69, 9.17) is 4.74 Å². The van der Waals surface area contributed by atoms with Gasteiger partial charge in [0.2, 0.25) is 5.82 Å². The molecule has 2 unspecified atom stereocenters. The molecule has 3 rings (SSSR count). The first-order valence-corrected chi connectivity index (χ1v) is 6.73. The molecule has 3 heterocycles. The number of anilines is 1. The van der Waals surface area contributed by atoms with E-state index in [1.54, 1.807) is 0 Å². The standard InChI is InChI=1S/C12H17N5O3/c1-20-12-10(17(18)19)11(13-6-14-12)16-9-4-7-2-3-8(5-9)15-7/h6-9,15H,2-5H2,1H3,(H,13,14,16). The van der Waals surface area contributed by atoms with Gasteiger partial charge in [0, 0.05) is 18.1 Å². The number of hydrogen-bond donors (Lipinski definition) is 2. The number of nitrogens with one attached hydrogen (secondary N) is 2. The third-order valence-electron chi connectivity index (χ3n) is 3.98. The van der Waals surface area contributed by atoms with Crippen LogP contribution in [0.25, 0.3) is 0 Å². The van der Waals surface area contributed by atoms with Crippen molar-refractivity contribution in [3.8, 4) is 5.88 Å². The Hall–Kier alpha value is -1.96. The molecule has 8 heteroatoms. The highest BCUT2D eigenvalue weighted by Crippen LogP contribution is 2.34. The van der Waals surface area contributed by atoms with Crippen LogP contribution in [-0.4, -0.2) is 40.1 Å². The topological polar surface area (TPSA) is 102 Å². The highest BCUT2D eigenvalue weighted by Gasteiger charge is 2.35. The predicted octanol–water partition coefficient (Wildman–Crippen LogP) is 1.09. The van der Waals surface area contributed by atoms with Crippen molar-refractivity contribution in [3.05, 3.63) is 16.4 Å². The zero-order chi connectivity index (χ0) is 14.1. The van der Waals surface area contributed by atoms with Crippen LogP contribution in [0.1, 0.15) is 25.7 Å². The van der Waals surface area contributed by atoms with Crippen molar-refractivity contribution in [3.63, 3.8) is 0 Å². The Bertz CT molecular complexity index is 512. The molecule has 2 aliphatic rings. The molecular formula is C12H17N5O3. The van der Waals surface area contributed by atoms with E-state index in [9.17, 15) is 10.1 Å². The normalized spacial score (nSPS) is 28.1. The molecule has 0 aromatic carbocycles. The quantitative estimate of drug-likeness (QED) is 0.628. The molecule has 0 saturated carbocycles. The van der Waals surface area contributed by atoms with Crippen LogP contribution in [0.3, 0.4) is 0 Å². The first-order chi connectivity index (χ1) is 9.67. The summed E-state index contributed by atoms with van der Waals surface area (Å²) in [7, 11) is 1.36. The first-order valence-electron chi connectivity index (χ1n) is 6.73. The van der Waals surface area contributed by atoms with Gasteiger partial charge in [-0.3, -0.25) is 10.1 Å². The van der Waals surface area contributed by atoms with Crippen LogP contribution < -0.4 is 15.4 Å². The summed E-state index contributed by atoms with van der Waals surface area (Å²) in [5.74, 6) is 0.234. The van der Waals surface area contributed by atoms with Crippen LogP contribution in [0.2, 0.25) is 0 Å². The average Bonchev–Trinajstić information content (AvgIpc) is 2.77. The summed E-state index contributed by atoms with van der Waals surface area (Å²) in [4.78, 5) is 18.5. The number of nitrogens with zero attached hydrogens (tertiary/aromatic N) is 3. The molecule has 0 spiro atoms. The van der Waals surface area contributed by atoms with Gasteiger partial charge in [-0.05, 0) is 25.7 Å². The van der Waals surface area contributed by atoms with E-state index in [2.05, 4.69) is 20.6 Å². The van der Waals surface area contributed by atoms with Gasteiger partial charge < -0.3 is 15.4 Å². The lowest BCUT2D eigenvalue weighted by Gasteiger charge is -2.29. The maximum atomic E-state index is 11.2. The highest BCUT2D eigenvalue weighted by molar-refractivity contribution is 5.61. The SMILES string of the molecule is COc1ncnc(NC2CC3CCC(C2)N3)c1[N+](=O)[O-]. The molecule has 2 saturated heterocycles. The largest absolute Gasteiger partial charge is 0.476 e. The maximum Gasteiger partial charge on any atom is 0.372 e. The molecule has 2 aliphatic heterocycles. The zero-order valence-electron chi connectivity index (χ0n) is 11.2. The van der Waals surface area contributed by atoms with E-state index in [1.165, 1.54) is 26.3 Å². The van der Waals surface area contributed by atoms with Crippen LogP contribution in [0.5, 0.6) is 5.88 Å². The summed E-state index contributed by atoms with van der Waals surface area (Å²) < 4.78 is 4.95. The summed E-state index contributed by atoms with van der Waals surface area (Å²) in [6.45, 7) is 0. The third kappa shape index (κ3) is 2.38. The number of rotatable bonds is 4. The second-order valence-electron chi connectivity index (χ2n) is 5.29. The van der Waals surface area contributed by atoms with Gasteiger partial charge in [0.15, 0.2) is 0 Å². The van der Waals surface area contributed by atoms with Crippen LogP contribution >= 0.6 is 0 Å². The fraction of sp³-hybridized carbons (Fsp3) is 0.667. The van der Waals surface area contributed by atoms with Crippen LogP contribution in [0.15, 0.2) is 6.33 Å². The number of aromatic nitrogens is 2. The minimum absolute atomic E-state index is 0.00981. The van der Waals surface area contributed by atoms with Crippen molar-refractivity contribution >= 4 is 11.5 Å². The van der Waals surface area contributed by atoms with Crippen molar-refractivity contribution < 1.29 is 9.66 Å². The summed E-state index contributed by atoms with van der Waals surface area (Å²) in [5, 5.41) is 17.9.